The summed E-state index contributed by atoms with van der Waals surface area (Å²) < 4.78 is 4.83. The van der Waals surface area contributed by atoms with Crippen LogP contribution in [-0.2, 0) is 4.74 Å². The minimum Gasteiger partial charge on any atom is -0.365 e. The van der Waals surface area contributed by atoms with E-state index in [2.05, 4.69) is 14.6 Å². The molecule has 0 aromatic heterocycles. The van der Waals surface area contributed by atoms with E-state index in [1.807, 2.05) is 20.5 Å². The number of rotatable bonds is 0. The minimum atomic E-state index is 0.750. The van der Waals surface area contributed by atoms with Crippen molar-refractivity contribution in [3.05, 3.63) is 0 Å². The highest BCUT2D eigenvalue weighted by atomic mass is 31.0. The summed E-state index contributed by atoms with van der Waals surface area (Å²) in [5.74, 6) is 0. The van der Waals surface area contributed by atoms with Crippen LogP contribution in [0.15, 0.2) is 0 Å². The summed E-state index contributed by atoms with van der Waals surface area (Å²) in [6.07, 6.45) is 0. The lowest BCUT2D eigenvalue weighted by Crippen LogP contribution is -2.05. The fourth-order valence-electron chi connectivity index (χ4n) is 0.361. The first-order valence-corrected chi connectivity index (χ1v) is 4.52. The number of ether oxygens (including phenoxy) is 1. The predicted octanol–water partition coefficient (Wildman–Crippen LogP) is 1.08. The third-order valence-corrected chi connectivity index (χ3v) is 0.627. The second-order valence-corrected chi connectivity index (χ2v) is 1.05. The topological polar surface area (TPSA) is 21.3 Å². The van der Waals surface area contributed by atoms with Gasteiger partial charge in [0.05, 0.1) is 13.3 Å². The van der Waals surface area contributed by atoms with Gasteiger partial charge in [-0.15, -0.1) is 9.24 Å². The average molecular weight is 151 g/mol. The highest BCUT2D eigenvalue weighted by molar-refractivity contribution is 7.15. The number of nitrogens with one attached hydrogen (secondary N) is 1. The number of hydrogen-bond donors (Lipinski definition) is 1. The van der Waals surface area contributed by atoms with E-state index in [0.717, 1.165) is 19.9 Å². The summed E-state index contributed by atoms with van der Waals surface area (Å²) in [6.45, 7) is 8.58. The molecule has 0 amide bonds. The maximum atomic E-state index is 4.83. The summed E-state index contributed by atoms with van der Waals surface area (Å²) in [5, 5.41) is 3.00. The predicted molar refractivity (Wildman–Crippen MR) is 45.8 cm³/mol. The third-order valence-electron chi connectivity index (χ3n) is 0.627. The zero-order valence-corrected chi connectivity index (χ0v) is 7.76. The normalized spacial score (nSPS) is 14.7. The molecule has 0 spiro atoms. The Hall–Kier alpha value is 0.350. The maximum Gasteiger partial charge on any atom is 0.0966 e. The Bertz CT molecular complexity index is 24.6. The van der Waals surface area contributed by atoms with E-state index in [9.17, 15) is 0 Å². The molecule has 1 rings (SSSR count). The molecule has 1 saturated heterocycles. The van der Waals surface area contributed by atoms with Crippen LogP contribution in [0.4, 0.5) is 0 Å². The van der Waals surface area contributed by atoms with Crippen molar-refractivity contribution in [2.45, 2.75) is 13.8 Å². The van der Waals surface area contributed by atoms with Gasteiger partial charge in [-0.3, -0.25) is 5.32 Å². The van der Waals surface area contributed by atoms with Gasteiger partial charge in [0, 0.05) is 6.54 Å². The van der Waals surface area contributed by atoms with Gasteiger partial charge in [-0.2, -0.15) is 0 Å². The van der Waals surface area contributed by atoms with Crippen molar-refractivity contribution in [3.8, 4) is 0 Å². The SMILES string of the molecule is C1COCN1.CC.CP. The van der Waals surface area contributed by atoms with Crippen LogP contribution in [0.1, 0.15) is 13.8 Å². The summed E-state index contributed by atoms with van der Waals surface area (Å²) in [7, 11) is 2.42. The van der Waals surface area contributed by atoms with E-state index in [0.29, 0.717) is 0 Å². The maximum absolute atomic E-state index is 4.83. The van der Waals surface area contributed by atoms with Gasteiger partial charge in [0.25, 0.3) is 0 Å². The molecule has 9 heavy (non-hydrogen) atoms. The Labute approximate surface area is 60.6 Å². The highest BCUT2D eigenvalue weighted by Crippen LogP contribution is 1.75. The standard InChI is InChI=1S/C3H7NO.C2H6.CH5P/c1-2-5-3-4-1;2*1-2/h4H,1-3H2;1-2H3;2H2,1H3. The molecule has 0 aromatic rings. The van der Waals surface area contributed by atoms with Crippen LogP contribution in [0, 0.1) is 0 Å². The molecule has 2 nitrogen and oxygen atoms in total. The Morgan fingerprint density at radius 2 is 1.89 bits per heavy atom. The van der Waals surface area contributed by atoms with Crippen LogP contribution in [0.5, 0.6) is 0 Å². The van der Waals surface area contributed by atoms with Crippen LogP contribution in [0.2, 0.25) is 0 Å². The first-order chi connectivity index (χ1) is 4.50. The van der Waals surface area contributed by atoms with Gasteiger partial charge in [0.15, 0.2) is 0 Å². The molecule has 1 N–H and O–H groups in total. The van der Waals surface area contributed by atoms with Crippen molar-refractivity contribution >= 4 is 9.24 Å². The van der Waals surface area contributed by atoms with E-state index in [1.165, 1.54) is 0 Å². The molecule has 1 fully saturated rings. The van der Waals surface area contributed by atoms with E-state index in [-0.39, 0.29) is 0 Å². The zero-order chi connectivity index (χ0) is 7.54. The Morgan fingerprint density at radius 1 is 1.33 bits per heavy atom. The van der Waals surface area contributed by atoms with Crippen LogP contribution < -0.4 is 5.32 Å². The molecule has 1 aliphatic heterocycles. The van der Waals surface area contributed by atoms with Crippen molar-refractivity contribution in [2.75, 3.05) is 26.5 Å². The fourth-order valence-corrected chi connectivity index (χ4v) is 0.361. The van der Waals surface area contributed by atoms with Gasteiger partial charge in [-0.25, -0.2) is 0 Å². The molecular formula is C6H18NOP. The average Bonchev–Trinajstić information content (AvgIpc) is 2.51. The summed E-state index contributed by atoms with van der Waals surface area (Å²) in [6, 6.07) is 0. The molecule has 1 unspecified atom stereocenters. The van der Waals surface area contributed by atoms with Gasteiger partial charge in [-0.1, -0.05) is 20.5 Å². The Morgan fingerprint density at radius 3 is 2.00 bits per heavy atom. The van der Waals surface area contributed by atoms with Crippen molar-refractivity contribution in [3.63, 3.8) is 0 Å². The van der Waals surface area contributed by atoms with Gasteiger partial charge >= 0.3 is 0 Å². The summed E-state index contributed by atoms with van der Waals surface area (Å²) >= 11 is 0. The molecule has 0 radical (unpaired) electrons. The second kappa shape index (κ2) is 15.8. The fraction of sp³-hybridized carbons (Fsp3) is 1.00. The molecule has 0 bridgehead atoms. The molecule has 0 aliphatic carbocycles. The van der Waals surface area contributed by atoms with Gasteiger partial charge in [0.2, 0.25) is 0 Å². The van der Waals surface area contributed by atoms with Crippen LogP contribution in [0.3, 0.4) is 0 Å². The second-order valence-electron chi connectivity index (χ2n) is 1.05. The molecule has 1 heterocycles. The molecule has 3 heteroatoms. The largest absolute Gasteiger partial charge is 0.365 e. The van der Waals surface area contributed by atoms with Crippen molar-refractivity contribution < 1.29 is 4.74 Å². The zero-order valence-electron chi connectivity index (χ0n) is 6.61. The van der Waals surface area contributed by atoms with Crippen LogP contribution >= 0.6 is 9.24 Å². The van der Waals surface area contributed by atoms with E-state index >= 15 is 0 Å². The lowest BCUT2D eigenvalue weighted by Gasteiger charge is -1.76. The van der Waals surface area contributed by atoms with Gasteiger partial charge < -0.3 is 4.74 Å². The van der Waals surface area contributed by atoms with Crippen molar-refractivity contribution in [2.24, 2.45) is 0 Å². The molecule has 1 aliphatic rings. The van der Waals surface area contributed by atoms with Crippen LogP contribution in [0.25, 0.3) is 0 Å². The van der Waals surface area contributed by atoms with E-state index in [1.54, 1.807) is 0 Å². The Balaban J connectivity index is 0. The monoisotopic (exact) mass is 151 g/mol. The molecule has 0 aromatic carbocycles. The summed E-state index contributed by atoms with van der Waals surface area (Å²) in [4.78, 5) is 0. The Kier molecular flexibility index (Phi) is 21.1. The minimum absolute atomic E-state index is 0.750. The smallest absolute Gasteiger partial charge is 0.0966 e. The lowest BCUT2D eigenvalue weighted by molar-refractivity contribution is 0.194. The lowest BCUT2D eigenvalue weighted by atomic mass is 10.7. The third kappa shape index (κ3) is 11.8. The molecule has 0 saturated carbocycles. The van der Waals surface area contributed by atoms with E-state index in [4.69, 9.17) is 4.74 Å². The molecule has 58 valence electrons. The first-order valence-electron chi connectivity index (χ1n) is 3.36. The van der Waals surface area contributed by atoms with Crippen molar-refractivity contribution in [1.82, 2.24) is 5.32 Å². The van der Waals surface area contributed by atoms with Gasteiger partial charge in [0.1, 0.15) is 0 Å². The highest BCUT2D eigenvalue weighted by Gasteiger charge is 1.92. The van der Waals surface area contributed by atoms with Gasteiger partial charge in [-0.05, 0) is 0 Å². The molecular weight excluding hydrogens is 133 g/mol. The van der Waals surface area contributed by atoms with Crippen molar-refractivity contribution in [1.29, 1.82) is 0 Å². The van der Waals surface area contributed by atoms with Crippen LogP contribution in [-0.4, -0.2) is 26.5 Å². The molecule has 1 atom stereocenters. The first kappa shape index (κ1) is 12.1. The summed E-state index contributed by atoms with van der Waals surface area (Å²) in [5.41, 5.74) is 0. The quantitative estimate of drug-likeness (QED) is 0.523. The van der Waals surface area contributed by atoms with E-state index < -0.39 is 0 Å². The number of hydrogen-bond acceptors (Lipinski definition) is 2.